The summed E-state index contributed by atoms with van der Waals surface area (Å²) in [4.78, 5) is 0. The number of hydrogen-bond donors (Lipinski definition) is 1. The molecule has 1 aromatic carbocycles. The molecule has 1 fully saturated rings. The summed E-state index contributed by atoms with van der Waals surface area (Å²) < 4.78 is 13.8. The highest BCUT2D eigenvalue weighted by Crippen LogP contribution is 2.35. The van der Waals surface area contributed by atoms with Crippen LogP contribution < -0.4 is 5.32 Å². The number of hydrogen-bond acceptors (Lipinski definition) is 1. The van der Waals surface area contributed by atoms with Gasteiger partial charge in [-0.15, -0.1) is 0 Å². The molecule has 3 unspecified atom stereocenters. The maximum absolute atomic E-state index is 13.8. The molecule has 1 N–H and O–H groups in total. The molecule has 19 heavy (non-hydrogen) atoms. The molecule has 0 spiro atoms. The van der Waals surface area contributed by atoms with E-state index in [1.807, 2.05) is 6.07 Å². The second-order valence-electron chi connectivity index (χ2n) is 5.70. The Morgan fingerprint density at radius 2 is 2.16 bits per heavy atom. The van der Waals surface area contributed by atoms with Crippen molar-refractivity contribution in [3.63, 3.8) is 0 Å². The maximum atomic E-state index is 13.8. The van der Waals surface area contributed by atoms with Crippen LogP contribution in [0.4, 0.5) is 4.39 Å². The highest BCUT2D eigenvalue weighted by molar-refractivity contribution is 6.30. The van der Waals surface area contributed by atoms with Gasteiger partial charge >= 0.3 is 0 Å². The van der Waals surface area contributed by atoms with Crippen molar-refractivity contribution < 1.29 is 4.39 Å². The molecule has 0 radical (unpaired) electrons. The zero-order chi connectivity index (χ0) is 13.8. The van der Waals surface area contributed by atoms with E-state index in [0.29, 0.717) is 22.9 Å². The predicted molar refractivity (Wildman–Crippen MR) is 79.1 cm³/mol. The maximum Gasteiger partial charge on any atom is 0.127 e. The molecule has 1 saturated carbocycles. The summed E-state index contributed by atoms with van der Waals surface area (Å²) in [6, 6.07) is 5.63. The average molecular weight is 284 g/mol. The average Bonchev–Trinajstić information content (AvgIpc) is 2.72. The van der Waals surface area contributed by atoms with E-state index in [-0.39, 0.29) is 5.82 Å². The Morgan fingerprint density at radius 1 is 1.37 bits per heavy atom. The third-order valence-electron chi connectivity index (χ3n) is 4.38. The van der Waals surface area contributed by atoms with Gasteiger partial charge in [0.15, 0.2) is 0 Å². The Labute approximate surface area is 120 Å². The van der Waals surface area contributed by atoms with Crippen LogP contribution in [-0.4, -0.2) is 12.6 Å². The molecule has 1 aromatic rings. The molecule has 106 valence electrons. The normalized spacial score (nSPS) is 26.8. The Balaban J connectivity index is 1.96. The lowest BCUT2D eigenvalue weighted by atomic mass is 9.89. The second-order valence-corrected chi connectivity index (χ2v) is 6.13. The van der Waals surface area contributed by atoms with Gasteiger partial charge in [0.1, 0.15) is 5.82 Å². The number of nitrogens with one attached hydrogen (secondary N) is 1. The van der Waals surface area contributed by atoms with E-state index in [9.17, 15) is 4.39 Å². The van der Waals surface area contributed by atoms with Crippen molar-refractivity contribution >= 4 is 11.6 Å². The summed E-state index contributed by atoms with van der Waals surface area (Å²) in [5.41, 5.74) is 0.803. The summed E-state index contributed by atoms with van der Waals surface area (Å²) in [7, 11) is 0. The quantitative estimate of drug-likeness (QED) is 0.843. The van der Waals surface area contributed by atoms with Crippen molar-refractivity contribution in [3.05, 3.63) is 34.6 Å². The van der Waals surface area contributed by atoms with Gasteiger partial charge in [0.2, 0.25) is 0 Å². The Hall–Kier alpha value is -0.600. The third-order valence-corrected chi connectivity index (χ3v) is 4.62. The summed E-state index contributed by atoms with van der Waals surface area (Å²) in [5.74, 6) is 1.02. The molecule has 3 atom stereocenters. The zero-order valence-corrected chi connectivity index (χ0v) is 12.5. The summed E-state index contributed by atoms with van der Waals surface area (Å²) >= 11 is 5.79. The van der Waals surface area contributed by atoms with Gasteiger partial charge in [-0.25, -0.2) is 4.39 Å². The largest absolute Gasteiger partial charge is 0.314 e. The van der Waals surface area contributed by atoms with E-state index >= 15 is 0 Å². The minimum Gasteiger partial charge on any atom is -0.314 e. The number of rotatable bonds is 5. The Bertz CT molecular complexity index is 421. The van der Waals surface area contributed by atoms with Crippen LogP contribution in [0.15, 0.2) is 18.2 Å². The van der Waals surface area contributed by atoms with E-state index < -0.39 is 0 Å². The predicted octanol–water partition coefficient (Wildman–Crippen LogP) is 4.44. The van der Waals surface area contributed by atoms with Crippen LogP contribution in [-0.2, 0) is 6.42 Å². The molecule has 0 bridgehead atoms. The molecular formula is C16H23ClFN. The minimum atomic E-state index is -0.162. The van der Waals surface area contributed by atoms with Gasteiger partial charge in [-0.05, 0) is 61.8 Å². The van der Waals surface area contributed by atoms with E-state index in [0.717, 1.165) is 18.5 Å². The monoisotopic (exact) mass is 283 g/mol. The molecule has 1 aliphatic carbocycles. The standard InChI is InChI=1S/C16H23ClFN/c1-3-8-19-16-7-5-12(11(16)2)9-13-4-6-14(17)10-15(13)18/h4,6,10-12,16,19H,3,5,7-9H2,1-2H3. The molecular weight excluding hydrogens is 261 g/mol. The van der Waals surface area contributed by atoms with Crippen molar-refractivity contribution in [2.45, 2.75) is 45.6 Å². The SMILES string of the molecule is CCCNC1CCC(Cc2ccc(Cl)cc2F)C1C. The van der Waals surface area contributed by atoms with Crippen molar-refractivity contribution in [3.8, 4) is 0 Å². The first kappa shape index (κ1) is 14.8. The van der Waals surface area contributed by atoms with Gasteiger partial charge in [0, 0.05) is 11.1 Å². The molecule has 1 nitrogen and oxygen atoms in total. The topological polar surface area (TPSA) is 12.0 Å². The lowest BCUT2D eigenvalue weighted by Crippen LogP contribution is -2.33. The van der Waals surface area contributed by atoms with Crippen LogP contribution in [0.5, 0.6) is 0 Å². The lowest BCUT2D eigenvalue weighted by Gasteiger charge is -2.22. The molecule has 2 rings (SSSR count). The molecule has 3 heteroatoms. The molecule has 0 aromatic heterocycles. The Morgan fingerprint density at radius 3 is 2.84 bits per heavy atom. The first-order valence-corrected chi connectivity index (χ1v) is 7.67. The van der Waals surface area contributed by atoms with E-state index in [1.54, 1.807) is 6.07 Å². The number of halogens is 2. The first-order valence-electron chi connectivity index (χ1n) is 7.29. The molecule has 0 amide bonds. The highest BCUT2D eigenvalue weighted by Gasteiger charge is 2.32. The van der Waals surface area contributed by atoms with Crippen molar-refractivity contribution in [2.24, 2.45) is 11.8 Å². The van der Waals surface area contributed by atoms with Crippen LogP contribution in [0, 0.1) is 17.7 Å². The van der Waals surface area contributed by atoms with Gasteiger partial charge < -0.3 is 5.32 Å². The van der Waals surface area contributed by atoms with Crippen molar-refractivity contribution in [1.29, 1.82) is 0 Å². The second kappa shape index (κ2) is 6.71. The van der Waals surface area contributed by atoms with E-state index in [2.05, 4.69) is 19.2 Å². The van der Waals surface area contributed by atoms with Gasteiger partial charge in [-0.2, -0.15) is 0 Å². The first-order chi connectivity index (χ1) is 9.11. The fraction of sp³-hybridized carbons (Fsp3) is 0.625. The van der Waals surface area contributed by atoms with Gasteiger partial charge in [0.25, 0.3) is 0 Å². The molecule has 1 aliphatic rings. The van der Waals surface area contributed by atoms with E-state index in [4.69, 9.17) is 11.6 Å². The van der Waals surface area contributed by atoms with Crippen LogP contribution in [0.3, 0.4) is 0 Å². The highest BCUT2D eigenvalue weighted by atomic mass is 35.5. The van der Waals surface area contributed by atoms with E-state index in [1.165, 1.54) is 25.3 Å². The van der Waals surface area contributed by atoms with Gasteiger partial charge in [0.05, 0.1) is 0 Å². The summed E-state index contributed by atoms with van der Waals surface area (Å²) in [6.45, 7) is 5.56. The smallest absolute Gasteiger partial charge is 0.127 e. The van der Waals surface area contributed by atoms with Gasteiger partial charge in [-0.1, -0.05) is 31.5 Å². The van der Waals surface area contributed by atoms with Crippen LogP contribution in [0.1, 0.15) is 38.7 Å². The third kappa shape index (κ3) is 3.70. The molecule has 0 heterocycles. The van der Waals surface area contributed by atoms with Crippen LogP contribution in [0.2, 0.25) is 5.02 Å². The summed E-state index contributed by atoms with van der Waals surface area (Å²) in [5, 5.41) is 4.08. The fourth-order valence-electron chi connectivity index (χ4n) is 3.12. The molecule has 0 aliphatic heterocycles. The molecule has 0 saturated heterocycles. The minimum absolute atomic E-state index is 0.162. The van der Waals surface area contributed by atoms with Crippen LogP contribution in [0.25, 0.3) is 0 Å². The lowest BCUT2D eigenvalue weighted by molar-refractivity contribution is 0.348. The summed E-state index contributed by atoms with van der Waals surface area (Å²) in [6.07, 6.45) is 4.39. The van der Waals surface area contributed by atoms with Crippen LogP contribution >= 0.6 is 11.6 Å². The zero-order valence-electron chi connectivity index (χ0n) is 11.8. The fourth-order valence-corrected chi connectivity index (χ4v) is 3.28. The number of benzene rings is 1. The van der Waals surface area contributed by atoms with Gasteiger partial charge in [-0.3, -0.25) is 0 Å². The van der Waals surface area contributed by atoms with Crippen molar-refractivity contribution in [1.82, 2.24) is 5.32 Å². The Kier molecular flexibility index (Phi) is 5.23. The van der Waals surface area contributed by atoms with Crippen molar-refractivity contribution in [2.75, 3.05) is 6.54 Å².